The fourth-order valence-corrected chi connectivity index (χ4v) is 2.60. The van der Waals surface area contributed by atoms with Crippen LogP contribution < -0.4 is 5.32 Å². The lowest BCUT2D eigenvalue weighted by molar-refractivity contribution is -0.139. The molecular formula is C15H30N2O3. The average Bonchev–Trinajstić information content (AvgIpc) is 3.24. The van der Waals surface area contributed by atoms with E-state index in [1.165, 1.54) is 0 Å². The van der Waals surface area contributed by atoms with Gasteiger partial charge in [0.1, 0.15) is 6.04 Å². The molecule has 20 heavy (non-hydrogen) atoms. The predicted molar refractivity (Wildman–Crippen MR) is 80.0 cm³/mol. The zero-order chi connectivity index (χ0) is 15.0. The van der Waals surface area contributed by atoms with E-state index in [-0.39, 0.29) is 0 Å². The maximum absolute atomic E-state index is 11.3. The lowest BCUT2D eigenvalue weighted by Gasteiger charge is -2.31. The van der Waals surface area contributed by atoms with Crippen LogP contribution in [0.25, 0.3) is 0 Å². The van der Waals surface area contributed by atoms with Crippen molar-refractivity contribution in [3.63, 3.8) is 0 Å². The summed E-state index contributed by atoms with van der Waals surface area (Å²) in [6.45, 7) is 6.76. The first-order valence-corrected chi connectivity index (χ1v) is 7.84. The van der Waals surface area contributed by atoms with Crippen LogP contribution in [0, 0.1) is 0 Å². The number of carbonyl (C=O) groups is 1. The minimum atomic E-state index is -0.729. The molecule has 0 aromatic carbocycles. The average molecular weight is 286 g/mol. The molecule has 118 valence electrons. The van der Waals surface area contributed by atoms with Gasteiger partial charge in [-0.25, -0.2) is 0 Å². The summed E-state index contributed by atoms with van der Waals surface area (Å²) < 4.78 is 5.17. The molecule has 2 N–H and O–H groups in total. The molecule has 0 aliphatic heterocycles. The second-order valence-electron chi connectivity index (χ2n) is 5.62. The standard InChI is InChI=1S/C15H30N2O3/c1-4-13(5-2)17(10-11-20-3)9-8-14(15(18)19)16-12-6-7-12/h12-14,16H,4-11H2,1-3H3,(H,18,19). The molecule has 0 aromatic heterocycles. The molecule has 1 aliphatic carbocycles. The van der Waals surface area contributed by atoms with E-state index in [1.807, 2.05) is 0 Å². The van der Waals surface area contributed by atoms with Crippen molar-refractivity contribution in [1.29, 1.82) is 0 Å². The third-order valence-electron chi connectivity index (χ3n) is 4.06. The Morgan fingerprint density at radius 1 is 1.35 bits per heavy atom. The molecule has 1 atom stereocenters. The summed E-state index contributed by atoms with van der Waals surface area (Å²) in [5.41, 5.74) is 0. The molecule has 0 heterocycles. The fraction of sp³-hybridized carbons (Fsp3) is 0.933. The maximum atomic E-state index is 11.3. The van der Waals surface area contributed by atoms with Crippen LogP contribution in [0.5, 0.6) is 0 Å². The number of nitrogens with zero attached hydrogens (tertiary/aromatic N) is 1. The molecule has 5 nitrogen and oxygen atoms in total. The Hall–Kier alpha value is -0.650. The van der Waals surface area contributed by atoms with Crippen LogP contribution in [0.3, 0.4) is 0 Å². The topological polar surface area (TPSA) is 61.8 Å². The van der Waals surface area contributed by atoms with Gasteiger partial charge < -0.3 is 15.2 Å². The molecule has 5 heteroatoms. The molecule has 0 bridgehead atoms. The van der Waals surface area contributed by atoms with Gasteiger partial charge in [-0.3, -0.25) is 9.69 Å². The summed E-state index contributed by atoms with van der Waals surface area (Å²) >= 11 is 0. The van der Waals surface area contributed by atoms with Gasteiger partial charge in [0.05, 0.1) is 6.61 Å². The SMILES string of the molecule is CCC(CC)N(CCOC)CCC(NC1CC1)C(=O)O. The smallest absolute Gasteiger partial charge is 0.320 e. The monoisotopic (exact) mass is 286 g/mol. The Morgan fingerprint density at radius 2 is 2.00 bits per heavy atom. The molecular weight excluding hydrogens is 256 g/mol. The highest BCUT2D eigenvalue weighted by Gasteiger charge is 2.28. The van der Waals surface area contributed by atoms with E-state index in [4.69, 9.17) is 4.74 Å². The summed E-state index contributed by atoms with van der Waals surface area (Å²) in [4.78, 5) is 13.7. The van der Waals surface area contributed by atoms with E-state index in [1.54, 1.807) is 7.11 Å². The molecule has 0 saturated heterocycles. The van der Waals surface area contributed by atoms with Crippen LogP contribution in [0.2, 0.25) is 0 Å². The minimum Gasteiger partial charge on any atom is -0.480 e. The van der Waals surface area contributed by atoms with Crippen LogP contribution in [-0.4, -0.2) is 60.9 Å². The second-order valence-corrected chi connectivity index (χ2v) is 5.62. The van der Waals surface area contributed by atoms with Crippen molar-refractivity contribution in [3.05, 3.63) is 0 Å². The zero-order valence-electron chi connectivity index (χ0n) is 13.1. The first-order valence-electron chi connectivity index (χ1n) is 7.84. The van der Waals surface area contributed by atoms with Crippen molar-refractivity contribution < 1.29 is 14.6 Å². The first kappa shape index (κ1) is 17.4. The van der Waals surface area contributed by atoms with Gasteiger partial charge in [0, 0.05) is 32.3 Å². The van der Waals surface area contributed by atoms with E-state index in [0.717, 1.165) is 38.8 Å². The van der Waals surface area contributed by atoms with Crippen molar-refractivity contribution in [2.75, 3.05) is 26.8 Å². The van der Waals surface area contributed by atoms with Gasteiger partial charge in [-0.1, -0.05) is 13.8 Å². The van der Waals surface area contributed by atoms with Crippen molar-refractivity contribution in [1.82, 2.24) is 10.2 Å². The quantitative estimate of drug-likeness (QED) is 0.572. The largest absolute Gasteiger partial charge is 0.480 e. The summed E-state index contributed by atoms with van der Waals surface area (Å²) in [5.74, 6) is -0.729. The number of ether oxygens (including phenoxy) is 1. The van der Waals surface area contributed by atoms with E-state index >= 15 is 0 Å². The van der Waals surface area contributed by atoms with E-state index < -0.39 is 12.0 Å². The number of rotatable bonds is 12. The van der Waals surface area contributed by atoms with Crippen LogP contribution in [0.15, 0.2) is 0 Å². The van der Waals surface area contributed by atoms with Gasteiger partial charge in [-0.15, -0.1) is 0 Å². The van der Waals surface area contributed by atoms with Crippen LogP contribution >= 0.6 is 0 Å². The highest BCUT2D eigenvalue weighted by molar-refractivity contribution is 5.73. The first-order chi connectivity index (χ1) is 9.62. The van der Waals surface area contributed by atoms with Crippen molar-refractivity contribution in [2.45, 2.75) is 64.1 Å². The predicted octanol–water partition coefficient (Wildman–Crippen LogP) is 1.72. The zero-order valence-corrected chi connectivity index (χ0v) is 13.1. The highest BCUT2D eigenvalue weighted by Crippen LogP contribution is 2.20. The van der Waals surface area contributed by atoms with Crippen molar-refractivity contribution in [2.24, 2.45) is 0 Å². The molecule has 1 aliphatic rings. The van der Waals surface area contributed by atoms with Gasteiger partial charge in [0.2, 0.25) is 0 Å². The number of carboxylic acid groups (broad SMARTS) is 1. The molecule has 1 unspecified atom stereocenters. The third-order valence-corrected chi connectivity index (χ3v) is 4.06. The number of hydrogen-bond acceptors (Lipinski definition) is 4. The molecule has 1 saturated carbocycles. The minimum absolute atomic E-state index is 0.415. The number of hydrogen-bond donors (Lipinski definition) is 2. The molecule has 0 amide bonds. The molecule has 0 aromatic rings. The van der Waals surface area contributed by atoms with Crippen molar-refractivity contribution >= 4 is 5.97 Å². The number of methoxy groups -OCH3 is 1. The number of carboxylic acids is 1. The Morgan fingerprint density at radius 3 is 2.45 bits per heavy atom. The Kier molecular flexibility index (Phi) is 8.11. The normalized spacial score (nSPS) is 16.9. The lowest BCUT2D eigenvalue weighted by Crippen LogP contribution is -2.44. The van der Waals surface area contributed by atoms with Gasteiger partial charge >= 0.3 is 5.97 Å². The van der Waals surface area contributed by atoms with E-state index in [0.29, 0.717) is 25.1 Å². The molecule has 0 radical (unpaired) electrons. The second kappa shape index (κ2) is 9.32. The van der Waals surface area contributed by atoms with Gasteiger partial charge in [0.25, 0.3) is 0 Å². The van der Waals surface area contributed by atoms with Gasteiger partial charge in [0.15, 0.2) is 0 Å². The number of aliphatic carboxylic acids is 1. The summed E-state index contributed by atoms with van der Waals surface area (Å²) in [6.07, 6.45) is 5.07. The highest BCUT2D eigenvalue weighted by atomic mass is 16.5. The Labute approximate surface area is 122 Å². The fourth-order valence-electron chi connectivity index (χ4n) is 2.60. The van der Waals surface area contributed by atoms with Gasteiger partial charge in [-0.05, 0) is 32.1 Å². The van der Waals surface area contributed by atoms with Crippen molar-refractivity contribution in [3.8, 4) is 0 Å². The Bertz CT molecular complexity index is 278. The summed E-state index contributed by atoms with van der Waals surface area (Å²) in [7, 11) is 1.71. The Balaban J connectivity index is 2.46. The van der Waals surface area contributed by atoms with Crippen LogP contribution in [-0.2, 0) is 9.53 Å². The van der Waals surface area contributed by atoms with Crippen LogP contribution in [0.4, 0.5) is 0 Å². The lowest BCUT2D eigenvalue weighted by atomic mass is 10.1. The van der Waals surface area contributed by atoms with Gasteiger partial charge in [-0.2, -0.15) is 0 Å². The van der Waals surface area contributed by atoms with Crippen LogP contribution in [0.1, 0.15) is 46.0 Å². The molecule has 0 spiro atoms. The summed E-state index contributed by atoms with van der Waals surface area (Å²) in [6, 6.07) is 0.527. The summed E-state index contributed by atoms with van der Waals surface area (Å²) in [5, 5.41) is 12.5. The third kappa shape index (κ3) is 6.20. The van der Waals surface area contributed by atoms with E-state index in [2.05, 4.69) is 24.1 Å². The van der Waals surface area contributed by atoms with E-state index in [9.17, 15) is 9.90 Å². The molecule has 1 rings (SSSR count). The molecule has 1 fully saturated rings. The maximum Gasteiger partial charge on any atom is 0.320 e. The number of nitrogens with one attached hydrogen (secondary N) is 1.